The van der Waals surface area contributed by atoms with E-state index in [1.165, 1.54) is 12.8 Å². The smallest absolute Gasteiger partial charge is 0.323 e. The van der Waals surface area contributed by atoms with Crippen molar-refractivity contribution in [1.29, 1.82) is 0 Å². The summed E-state index contributed by atoms with van der Waals surface area (Å²) in [6.07, 6.45) is 3.77. The minimum atomic E-state index is -0.909. The molecule has 0 aromatic rings. The third-order valence-electron chi connectivity index (χ3n) is 4.11. The molecule has 0 amide bonds. The van der Waals surface area contributed by atoms with Gasteiger partial charge in [-0.05, 0) is 57.7 Å². The highest BCUT2D eigenvalue weighted by atomic mass is 16.4. The van der Waals surface area contributed by atoms with E-state index in [1.807, 2.05) is 0 Å². The Labute approximate surface area is 90.4 Å². The third kappa shape index (κ3) is 2.01. The van der Waals surface area contributed by atoms with Crippen LogP contribution in [0.5, 0.6) is 0 Å². The predicted octanol–water partition coefficient (Wildman–Crippen LogP) is 0.520. The zero-order chi connectivity index (χ0) is 11.1. The standard InChI is InChI=1S/C11H20N2O2/c1-13-4-2-8(3-5-13)9-6-11(12,7-9)10(14)15/h8-9H,2-7,12H2,1H3,(H,14,15). The molecule has 2 fully saturated rings. The Morgan fingerprint density at radius 2 is 1.87 bits per heavy atom. The van der Waals surface area contributed by atoms with Crippen LogP contribution in [0.25, 0.3) is 0 Å². The maximum Gasteiger partial charge on any atom is 0.323 e. The van der Waals surface area contributed by atoms with Crippen LogP contribution in [0.15, 0.2) is 0 Å². The first-order valence-electron chi connectivity index (χ1n) is 5.72. The van der Waals surface area contributed by atoms with Gasteiger partial charge in [0.05, 0.1) is 0 Å². The van der Waals surface area contributed by atoms with Gasteiger partial charge in [0.1, 0.15) is 5.54 Å². The van der Waals surface area contributed by atoms with Crippen LogP contribution in [-0.4, -0.2) is 41.7 Å². The number of carboxylic acids is 1. The Morgan fingerprint density at radius 3 is 2.33 bits per heavy atom. The summed E-state index contributed by atoms with van der Waals surface area (Å²) < 4.78 is 0. The second-order valence-electron chi connectivity index (χ2n) is 5.27. The van der Waals surface area contributed by atoms with Crippen LogP contribution in [0.3, 0.4) is 0 Å². The maximum atomic E-state index is 10.9. The van der Waals surface area contributed by atoms with Gasteiger partial charge >= 0.3 is 5.97 Å². The number of rotatable bonds is 2. The summed E-state index contributed by atoms with van der Waals surface area (Å²) in [6.45, 7) is 2.29. The predicted molar refractivity (Wildman–Crippen MR) is 57.5 cm³/mol. The molecule has 0 bridgehead atoms. The number of hydrogen-bond acceptors (Lipinski definition) is 3. The van der Waals surface area contributed by atoms with E-state index in [4.69, 9.17) is 10.8 Å². The van der Waals surface area contributed by atoms with Crippen molar-refractivity contribution in [2.75, 3.05) is 20.1 Å². The molecule has 4 heteroatoms. The molecule has 86 valence electrons. The summed E-state index contributed by atoms with van der Waals surface area (Å²) in [4.78, 5) is 13.2. The summed E-state index contributed by atoms with van der Waals surface area (Å²) in [6, 6.07) is 0. The van der Waals surface area contributed by atoms with Crippen molar-refractivity contribution in [1.82, 2.24) is 4.90 Å². The van der Waals surface area contributed by atoms with Gasteiger partial charge in [0.2, 0.25) is 0 Å². The lowest BCUT2D eigenvalue weighted by Crippen LogP contribution is -2.59. The number of carbonyl (C=O) groups is 1. The first-order chi connectivity index (χ1) is 7.01. The molecule has 3 N–H and O–H groups in total. The number of carboxylic acid groups (broad SMARTS) is 1. The maximum absolute atomic E-state index is 10.9. The quantitative estimate of drug-likeness (QED) is 0.700. The molecule has 2 aliphatic rings. The van der Waals surface area contributed by atoms with Crippen molar-refractivity contribution in [3.05, 3.63) is 0 Å². The highest BCUT2D eigenvalue weighted by molar-refractivity contribution is 5.79. The third-order valence-corrected chi connectivity index (χ3v) is 4.11. The molecule has 1 heterocycles. The largest absolute Gasteiger partial charge is 0.480 e. The lowest BCUT2D eigenvalue weighted by Gasteiger charge is -2.47. The van der Waals surface area contributed by atoms with E-state index >= 15 is 0 Å². The average molecular weight is 212 g/mol. The lowest BCUT2D eigenvalue weighted by atomic mass is 9.62. The van der Waals surface area contributed by atoms with Crippen molar-refractivity contribution in [2.45, 2.75) is 31.2 Å². The fourth-order valence-electron chi connectivity index (χ4n) is 2.88. The summed E-state index contributed by atoms with van der Waals surface area (Å²) in [5, 5.41) is 8.92. The zero-order valence-electron chi connectivity index (χ0n) is 9.28. The molecule has 0 spiro atoms. The van der Waals surface area contributed by atoms with Gasteiger partial charge in [-0.1, -0.05) is 0 Å². The molecule has 0 unspecified atom stereocenters. The molecule has 1 aliphatic carbocycles. The van der Waals surface area contributed by atoms with Crippen molar-refractivity contribution in [3.8, 4) is 0 Å². The fourth-order valence-corrected chi connectivity index (χ4v) is 2.88. The average Bonchev–Trinajstić information content (AvgIpc) is 2.14. The van der Waals surface area contributed by atoms with Gasteiger partial charge < -0.3 is 15.7 Å². The van der Waals surface area contributed by atoms with Crippen LogP contribution in [0.2, 0.25) is 0 Å². The Bertz CT molecular complexity index is 253. The number of likely N-dealkylation sites (tertiary alicyclic amines) is 1. The first kappa shape index (κ1) is 10.9. The molecular weight excluding hydrogens is 192 g/mol. The van der Waals surface area contributed by atoms with Gasteiger partial charge in [-0.2, -0.15) is 0 Å². The fraction of sp³-hybridized carbons (Fsp3) is 0.909. The van der Waals surface area contributed by atoms with Gasteiger partial charge in [0.25, 0.3) is 0 Å². The van der Waals surface area contributed by atoms with Crippen molar-refractivity contribution < 1.29 is 9.90 Å². The Hall–Kier alpha value is -0.610. The van der Waals surface area contributed by atoms with Gasteiger partial charge in [-0.25, -0.2) is 0 Å². The highest BCUT2D eigenvalue weighted by Crippen LogP contribution is 2.44. The minimum Gasteiger partial charge on any atom is -0.480 e. The van der Waals surface area contributed by atoms with Crippen LogP contribution in [0, 0.1) is 11.8 Å². The second-order valence-corrected chi connectivity index (χ2v) is 5.27. The number of piperidine rings is 1. The first-order valence-corrected chi connectivity index (χ1v) is 5.72. The summed E-state index contributed by atoms with van der Waals surface area (Å²) in [5.74, 6) is 0.434. The SMILES string of the molecule is CN1CCC(C2CC(N)(C(=O)O)C2)CC1. The van der Waals surface area contributed by atoms with Crippen LogP contribution in [0.4, 0.5) is 0 Å². The molecule has 1 aliphatic heterocycles. The van der Waals surface area contributed by atoms with Crippen LogP contribution in [0.1, 0.15) is 25.7 Å². The van der Waals surface area contributed by atoms with Gasteiger partial charge in [0.15, 0.2) is 0 Å². The van der Waals surface area contributed by atoms with Gasteiger partial charge in [-0.15, -0.1) is 0 Å². The van der Waals surface area contributed by atoms with Gasteiger partial charge in [0, 0.05) is 0 Å². The van der Waals surface area contributed by atoms with E-state index in [0.717, 1.165) is 13.1 Å². The van der Waals surface area contributed by atoms with Crippen LogP contribution in [-0.2, 0) is 4.79 Å². The number of aliphatic carboxylic acids is 1. The number of nitrogens with zero attached hydrogens (tertiary/aromatic N) is 1. The molecule has 1 saturated carbocycles. The molecule has 4 nitrogen and oxygen atoms in total. The Kier molecular flexibility index (Phi) is 2.73. The Morgan fingerprint density at radius 1 is 1.33 bits per heavy atom. The molecular formula is C11H20N2O2. The van der Waals surface area contributed by atoms with Crippen molar-refractivity contribution in [2.24, 2.45) is 17.6 Å². The van der Waals surface area contributed by atoms with E-state index in [0.29, 0.717) is 24.7 Å². The highest BCUT2D eigenvalue weighted by Gasteiger charge is 2.49. The number of hydrogen-bond donors (Lipinski definition) is 2. The molecule has 2 rings (SSSR count). The van der Waals surface area contributed by atoms with E-state index in [9.17, 15) is 4.79 Å². The summed E-state index contributed by atoms with van der Waals surface area (Å²) >= 11 is 0. The monoisotopic (exact) mass is 212 g/mol. The van der Waals surface area contributed by atoms with Crippen molar-refractivity contribution >= 4 is 5.97 Å². The number of nitrogens with two attached hydrogens (primary N) is 1. The molecule has 15 heavy (non-hydrogen) atoms. The van der Waals surface area contributed by atoms with Crippen LogP contribution >= 0.6 is 0 Å². The van der Waals surface area contributed by atoms with E-state index in [2.05, 4.69) is 11.9 Å². The molecule has 0 aromatic carbocycles. The normalized spacial score (nSPS) is 38.7. The van der Waals surface area contributed by atoms with Crippen molar-refractivity contribution in [3.63, 3.8) is 0 Å². The summed E-state index contributed by atoms with van der Waals surface area (Å²) in [7, 11) is 2.14. The zero-order valence-corrected chi connectivity index (χ0v) is 9.28. The van der Waals surface area contributed by atoms with E-state index in [-0.39, 0.29) is 0 Å². The second kappa shape index (κ2) is 3.76. The summed E-state index contributed by atoms with van der Waals surface area (Å²) in [5.41, 5.74) is 4.85. The lowest BCUT2D eigenvalue weighted by molar-refractivity contribution is -0.150. The minimum absolute atomic E-state index is 0.555. The molecule has 0 aromatic heterocycles. The van der Waals surface area contributed by atoms with E-state index in [1.54, 1.807) is 0 Å². The molecule has 1 saturated heterocycles. The van der Waals surface area contributed by atoms with Crippen LogP contribution < -0.4 is 5.73 Å². The van der Waals surface area contributed by atoms with Gasteiger partial charge in [-0.3, -0.25) is 4.79 Å². The topological polar surface area (TPSA) is 66.6 Å². The molecule has 0 radical (unpaired) electrons. The Balaban J connectivity index is 1.82. The van der Waals surface area contributed by atoms with E-state index < -0.39 is 11.5 Å². The molecule has 0 atom stereocenters.